The smallest absolute Gasteiger partial charge is 0.326 e. The van der Waals surface area contributed by atoms with Crippen molar-refractivity contribution in [2.24, 2.45) is 0 Å². The Morgan fingerprint density at radius 2 is 1.68 bits per heavy atom. The molecule has 112 valence electrons. The summed E-state index contributed by atoms with van der Waals surface area (Å²) in [7, 11) is -2.04. The average molecular weight is 328 g/mol. The van der Waals surface area contributed by atoms with E-state index in [0.29, 0.717) is 11.8 Å². The van der Waals surface area contributed by atoms with Crippen LogP contribution >= 0.6 is 24.0 Å². The van der Waals surface area contributed by atoms with E-state index in [1.165, 1.54) is 13.8 Å². The molecule has 19 heavy (non-hydrogen) atoms. The number of hydrogen-bond donors (Lipinski definition) is 0. The van der Waals surface area contributed by atoms with Crippen molar-refractivity contribution < 1.29 is 13.2 Å². The number of nitrogens with zero attached hydrogens (tertiary/aromatic N) is 1. The maximum Gasteiger partial charge on any atom is 0.326 e. The van der Waals surface area contributed by atoms with Gasteiger partial charge < -0.3 is 9.33 Å². The van der Waals surface area contributed by atoms with E-state index in [9.17, 15) is 8.78 Å². The van der Waals surface area contributed by atoms with Crippen LogP contribution in [0.25, 0.3) is 0 Å². The fourth-order valence-electron chi connectivity index (χ4n) is 2.02. The minimum Gasteiger partial charge on any atom is -0.406 e. The third-order valence-corrected chi connectivity index (χ3v) is 5.65. The normalized spacial score (nSPS) is 17.9. The minimum absolute atomic E-state index is 0.287. The van der Waals surface area contributed by atoms with Gasteiger partial charge in [-0.15, -0.1) is 0 Å². The Labute approximate surface area is 125 Å². The number of thioether (sulfide) groups is 1. The average Bonchev–Trinajstić information content (AvgIpc) is 2.64. The molecule has 0 aromatic carbocycles. The van der Waals surface area contributed by atoms with Crippen molar-refractivity contribution in [3.8, 4) is 0 Å². The van der Waals surface area contributed by atoms with E-state index in [2.05, 4.69) is 0 Å². The van der Waals surface area contributed by atoms with Gasteiger partial charge in [-0.3, -0.25) is 0 Å². The Balaban J connectivity index is 2.70. The molecule has 2 nitrogen and oxygen atoms in total. The summed E-state index contributed by atoms with van der Waals surface area (Å²) in [6, 6.07) is 0. The first kappa shape index (κ1) is 17.3. The van der Waals surface area contributed by atoms with E-state index in [1.54, 1.807) is 0 Å². The predicted octanol–water partition coefficient (Wildman–Crippen LogP) is 4.32. The lowest BCUT2D eigenvalue weighted by Crippen LogP contribution is -2.50. The van der Waals surface area contributed by atoms with Crippen LogP contribution in [0.4, 0.5) is 8.78 Å². The van der Waals surface area contributed by atoms with Crippen molar-refractivity contribution in [1.29, 1.82) is 0 Å². The molecule has 0 spiro atoms. The van der Waals surface area contributed by atoms with Crippen LogP contribution in [0, 0.1) is 0 Å². The van der Waals surface area contributed by atoms with E-state index in [-0.39, 0.29) is 4.32 Å². The molecule has 0 atom stereocenters. The summed E-state index contributed by atoms with van der Waals surface area (Å²) >= 11 is 5.60. The minimum atomic E-state index is -3.02. The zero-order valence-corrected chi connectivity index (χ0v) is 14.9. The molecular weight excluding hydrogens is 304 g/mol. The summed E-state index contributed by atoms with van der Waals surface area (Å²) < 4.78 is 34.7. The van der Waals surface area contributed by atoms with Gasteiger partial charge in [-0.1, -0.05) is 12.2 Å². The highest BCUT2D eigenvalue weighted by Gasteiger charge is 2.51. The van der Waals surface area contributed by atoms with Crippen molar-refractivity contribution in [3.05, 3.63) is 0 Å². The SMILES string of the molecule is CC(C)(O[Si](C)(C)C)C(F)(F)SC(=S)N1CCCC1. The van der Waals surface area contributed by atoms with Crippen molar-refractivity contribution in [3.63, 3.8) is 0 Å². The highest BCUT2D eigenvalue weighted by Crippen LogP contribution is 2.44. The monoisotopic (exact) mass is 327 g/mol. The summed E-state index contributed by atoms with van der Waals surface area (Å²) in [6.07, 6.45) is 2.06. The molecule has 0 aromatic heterocycles. The van der Waals surface area contributed by atoms with Crippen LogP contribution in [0.3, 0.4) is 0 Å². The van der Waals surface area contributed by atoms with Gasteiger partial charge in [-0.25, -0.2) is 0 Å². The van der Waals surface area contributed by atoms with Gasteiger partial charge in [0.25, 0.3) is 0 Å². The van der Waals surface area contributed by atoms with Crippen LogP contribution in [0.5, 0.6) is 0 Å². The fraction of sp³-hybridized carbons (Fsp3) is 0.917. The van der Waals surface area contributed by atoms with Gasteiger partial charge in [0.15, 0.2) is 8.32 Å². The molecule has 1 fully saturated rings. The first-order valence-electron chi connectivity index (χ1n) is 6.50. The van der Waals surface area contributed by atoms with Crippen molar-refractivity contribution in [2.75, 3.05) is 13.1 Å². The Bertz CT molecular complexity index is 339. The highest BCUT2D eigenvalue weighted by molar-refractivity contribution is 8.23. The molecule has 0 saturated carbocycles. The molecule has 0 aliphatic carbocycles. The molecule has 1 aliphatic heterocycles. The number of likely N-dealkylation sites (tertiary alicyclic amines) is 1. The molecule has 0 bridgehead atoms. The van der Waals surface area contributed by atoms with Gasteiger partial charge >= 0.3 is 5.25 Å². The summed E-state index contributed by atoms with van der Waals surface area (Å²) in [5.74, 6) is 0. The third kappa shape index (κ3) is 4.95. The quantitative estimate of drug-likeness (QED) is 0.563. The molecule has 0 N–H and O–H groups in total. The Kier molecular flexibility index (Phi) is 5.43. The van der Waals surface area contributed by atoms with Gasteiger partial charge in [0.2, 0.25) is 0 Å². The Hall–Kier alpha value is 0.277. The van der Waals surface area contributed by atoms with E-state index in [0.717, 1.165) is 25.9 Å². The lowest BCUT2D eigenvalue weighted by Gasteiger charge is -2.39. The standard InChI is InChI=1S/C12H23F2NOS2Si/c1-11(2,16-19(3,4)5)12(13,14)18-10(17)15-8-6-7-9-15/h6-9H2,1-5H3. The zero-order chi connectivity index (χ0) is 14.9. The second-order valence-corrected chi connectivity index (χ2v) is 12.5. The predicted molar refractivity (Wildman–Crippen MR) is 84.5 cm³/mol. The van der Waals surface area contributed by atoms with Gasteiger partial charge in [0.1, 0.15) is 9.92 Å². The van der Waals surface area contributed by atoms with E-state index < -0.39 is 19.2 Å². The topological polar surface area (TPSA) is 12.5 Å². The van der Waals surface area contributed by atoms with E-state index in [4.69, 9.17) is 16.6 Å². The van der Waals surface area contributed by atoms with Crippen LogP contribution in [-0.2, 0) is 4.43 Å². The number of hydrogen-bond acceptors (Lipinski definition) is 3. The number of thiocarbonyl (C=S) groups is 1. The van der Waals surface area contributed by atoms with Gasteiger partial charge in [-0.2, -0.15) is 8.78 Å². The van der Waals surface area contributed by atoms with Crippen LogP contribution in [0.15, 0.2) is 0 Å². The van der Waals surface area contributed by atoms with Gasteiger partial charge in [0.05, 0.1) is 0 Å². The first-order valence-corrected chi connectivity index (χ1v) is 11.1. The molecule has 1 saturated heterocycles. The highest BCUT2D eigenvalue weighted by atomic mass is 32.2. The molecule has 0 unspecified atom stereocenters. The summed E-state index contributed by atoms with van der Waals surface area (Å²) in [5.41, 5.74) is -1.51. The van der Waals surface area contributed by atoms with Gasteiger partial charge in [0, 0.05) is 13.1 Å². The van der Waals surface area contributed by atoms with Crippen molar-refractivity contribution >= 4 is 36.6 Å². The second kappa shape index (κ2) is 5.95. The number of alkyl halides is 2. The summed E-state index contributed by atoms with van der Waals surface area (Å²) in [5, 5.41) is -3.02. The molecule has 1 aliphatic rings. The molecule has 0 aromatic rings. The summed E-state index contributed by atoms with van der Waals surface area (Å²) in [6.45, 7) is 10.2. The van der Waals surface area contributed by atoms with Crippen molar-refractivity contribution in [2.45, 2.75) is 57.2 Å². The molecule has 0 radical (unpaired) electrons. The van der Waals surface area contributed by atoms with Crippen LogP contribution in [-0.4, -0.2) is 41.5 Å². The molecule has 1 rings (SSSR count). The first-order chi connectivity index (χ1) is 8.45. The maximum absolute atomic E-state index is 14.4. The second-order valence-electron chi connectivity index (χ2n) is 6.30. The lowest BCUT2D eigenvalue weighted by molar-refractivity contribution is -0.0827. The van der Waals surface area contributed by atoms with Gasteiger partial charge in [-0.05, 0) is 58.1 Å². The third-order valence-electron chi connectivity index (χ3n) is 2.84. The summed E-state index contributed by atoms with van der Waals surface area (Å²) in [4.78, 5) is 1.86. The number of rotatable bonds is 4. The van der Waals surface area contributed by atoms with E-state index >= 15 is 0 Å². The molecule has 7 heteroatoms. The fourth-order valence-corrected chi connectivity index (χ4v) is 5.07. The van der Waals surface area contributed by atoms with Crippen LogP contribution < -0.4 is 0 Å². The number of halogens is 2. The van der Waals surface area contributed by atoms with Crippen LogP contribution in [0.1, 0.15) is 26.7 Å². The molecular formula is C12H23F2NOS2Si. The molecule has 1 heterocycles. The molecule has 0 amide bonds. The van der Waals surface area contributed by atoms with Crippen LogP contribution in [0.2, 0.25) is 19.6 Å². The zero-order valence-electron chi connectivity index (χ0n) is 12.3. The largest absolute Gasteiger partial charge is 0.406 e. The Morgan fingerprint density at radius 3 is 2.11 bits per heavy atom. The lowest BCUT2D eigenvalue weighted by atomic mass is 10.1. The van der Waals surface area contributed by atoms with E-state index in [1.807, 2.05) is 24.5 Å². The maximum atomic E-state index is 14.4. The van der Waals surface area contributed by atoms with Crippen molar-refractivity contribution in [1.82, 2.24) is 4.90 Å². The Morgan fingerprint density at radius 1 is 1.21 bits per heavy atom.